The Morgan fingerprint density at radius 2 is 0.928 bits per heavy atom. The van der Waals surface area contributed by atoms with E-state index in [-0.39, 0.29) is 121 Å². The van der Waals surface area contributed by atoms with Gasteiger partial charge in [-0.1, -0.05) is 87.8 Å². The molecule has 0 radical (unpaired) electrons. The number of aromatic carboxylic acids is 1. The minimum Gasteiger partial charge on any atom is -0.870 e. The molecular formula is C73H65BCl6I4N11NaO18S11. The van der Waals surface area contributed by atoms with E-state index in [0.29, 0.717) is 117 Å². The number of carboxylic acids is 1. The van der Waals surface area contributed by atoms with Crippen LogP contribution in [0.25, 0.3) is 22.3 Å². The van der Waals surface area contributed by atoms with Gasteiger partial charge in [-0.25, -0.2) is 26.4 Å². The Bertz CT molecular complexity index is 5880. The van der Waals surface area contributed by atoms with Crippen LogP contribution >= 0.6 is 263 Å². The Kier molecular flexibility index (Phi) is 52.4. The van der Waals surface area contributed by atoms with Gasteiger partial charge in [0, 0.05) is 96.7 Å². The molecule has 4 amide bonds. The van der Waals surface area contributed by atoms with E-state index < -0.39 is 56.4 Å². The summed E-state index contributed by atoms with van der Waals surface area (Å²) >= 11 is 53.7. The number of carbonyl (C=O) groups excluding carboxylic acids is 5. The molecule has 11 rings (SSSR count). The smallest absolute Gasteiger partial charge is 0.870 e. The van der Waals surface area contributed by atoms with Crippen LogP contribution in [0.2, 0.25) is 30.1 Å². The van der Waals surface area contributed by atoms with E-state index >= 15 is 0 Å². The van der Waals surface area contributed by atoms with Gasteiger partial charge in [-0.15, -0.1) is 103 Å². The number of ether oxygens (including phenoxy) is 2. The number of primary amides is 4. The molecule has 660 valence electrons. The van der Waals surface area contributed by atoms with E-state index in [2.05, 4.69) is 18.2 Å². The maximum atomic E-state index is 12.1. The number of hydrogen-bond donors (Lipinski definition) is 9. The minimum atomic E-state index is -3.69. The van der Waals surface area contributed by atoms with Crippen molar-refractivity contribution in [3.63, 3.8) is 0 Å². The summed E-state index contributed by atoms with van der Waals surface area (Å²) < 4.78 is 60.7. The standard InChI is InChI=1S/C18H17Cl2N3O2S.C13H8Cl2N2O3S2.C9H8INO2S2.C7H5IN2O3S2.C7H5IN2OS2.C7H4INO2S2.C6H5BCl2O2.C6H12O2.Na.H2O/c19-11-3-4-12(14(20)6-11)15-13(7-21)18(26-16(15)17(22)25)23-5-1-2-10(8-23)9-24;1-22(19,20)13-8(5-16)10(11(21-13)12(17)18)7-3-2-6(14)4-9(7)15;1-3-13-8(12)7-6(10)5(4-11)9(14-2)15-7;1-15(12,13)7-3(2-9)4(8)5(14-7)6(10)11;2*1-12-7-3(2-9)4(8)5(13-7)6(10)11;8-4-1-2-5(7(10)11)6(9)3-4;7-5-6-3-1-2-4-8-6;;/h3-4,6,10,24H,1-2,5,8-9H2,(H2,22,25);2-4H,1H3,(H2,17,18);3H2,1-2H3;1H3,(H2,10,11);1H3,(H2,10,11);1H3,(H,10,11);1-3,10-11H;6-7H,1-5H2;;1H2/q;;;;;;;;+1;/p-1. The van der Waals surface area contributed by atoms with Crippen molar-refractivity contribution in [3.05, 3.63) is 162 Å². The van der Waals surface area contributed by atoms with Crippen molar-refractivity contribution in [2.75, 3.05) is 75.7 Å². The number of hydrogen-bond acceptors (Lipinski definition) is 33. The van der Waals surface area contributed by atoms with Crippen molar-refractivity contribution < 1.29 is 115 Å². The summed E-state index contributed by atoms with van der Waals surface area (Å²) in [6.07, 6.45) is 12.9. The Balaban J connectivity index is 0.000000494. The molecule has 29 nitrogen and oxygen atoms in total. The molecule has 2 unspecified atom stereocenters. The SMILES string of the molecule is CCOC(=O)c1sc(SC)c(C#N)c1I.CS(=O)(=O)c1sc(C(N)=O)c(-c2ccc(Cl)cc2Cl)c1C#N.CS(=O)(=O)c1sc(C(N)=O)c(I)c1C#N.CSc1sc(C(=O)O)c(I)c1C#N.CSc1sc(C(N)=O)c(I)c1C#N.N#Cc1c(N2CCCC(CO)C2)sc(C(N)=O)c1-c1ccc(Cl)cc1Cl.OB(O)c1ccc(Cl)cc1Cl.OCC1CCCCO1.[Na+].[OH-]. The number of nitrogens with zero attached hydrogens (tertiary/aromatic N) is 7. The van der Waals surface area contributed by atoms with Crippen LogP contribution in [0.5, 0.6) is 0 Å². The summed E-state index contributed by atoms with van der Waals surface area (Å²) in [6.45, 7) is 4.64. The molecule has 2 fully saturated rings. The normalized spacial score (nSPS) is 12.8. The number of piperidine rings is 1. The number of amides is 4. The maximum absolute atomic E-state index is 12.1. The Morgan fingerprint density at radius 1 is 0.544 bits per heavy atom. The second-order valence-corrected chi connectivity index (χ2v) is 44.6. The fraction of sp³-hybridized carbons (Fsp3) is 0.260. The zero-order valence-electron chi connectivity index (χ0n) is 65.5. The third-order valence-electron chi connectivity index (χ3n) is 15.7. The third kappa shape index (κ3) is 32.6. The number of benzene rings is 3. The maximum Gasteiger partial charge on any atom is 1.00 e. The molecule has 0 spiro atoms. The summed E-state index contributed by atoms with van der Waals surface area (Å²) in [5.41, 5.74) is 24.7. The van der Waals surface area contributed by atoms with Crippen molar-refractivity contribution >= 4 is 336 Å². The fourth-order valence-electron chi connectivity index (χ4n) is 10.2. The number of thiophene rings is 6. The van der Waals surface area contributed by atoms with Gasteiger partial charge < -0.3 is 68.2 Å². The number of sulfone groups is 2. The van der Waals surface area contributed by atoms with E-state index in [1.165, 1.54) is 106 Å². The molecule has 0 bridgehead atoms. The molecule has 125 heavy (non-hydrogen) atoms. The summed E-state index contributed by atoms with van der Waals surface area (Å²) in [6, 6.07) is 25.8. The number of rotatable bonds is 18. The van der Waals surface area contributed by atoms with Gasteiger partial charge in [-0.2, -0.15) is 31.6 Å². The van der Waals surface area contributed by atoms with Gasteiger partial charge in [-0.05, 0) is 190 Å². The van der Waals surface area contributed by atoms with Crippen molar-refractivity contribution in [2.24, 2.45) is 28.9 Å². The fourth-order valence-corrected chi connectivity index (χ4v) is 27.6. The number of anilines is 1. The van der Waals surface area contributed by atoms with Gasteiger partial charge in [0.1, 0.15) is 79.1 Å². The van der Waals surface area contributed by atoms with Crippen molar-refractivity contribution in [2.45, 2.75) is 66.2 Å². The molecule has 0 saturated carbocycles. The Hall–Kier alpha value is -4.15. The Morgan fingerprint density at radius 3 is 1.28 bits per heavy atom. The first-order valence-electron chi connectivity index (χ1n) is 33.8. The van der Waals surface area contributed by atoms with Gasteiger partial charge in [0.25, 0.3) is 23.6 Å². The summed E-state index contributed by atoms with van der Waals surface area (Å²) in [4.78, 5) is 71.5. The van der Waals surface area contributed by atoms with Crippen LogP contribution < -0.4 is 62.9 Å². The van der Waals surface area contributed by atoms with Crippen LogP contribution in [0.1, 0.15) is 130 Å². The van der Waals surface area contributed by atoms with Crippen LogP contribution in [0.4, 0.5) is 5.00 Å². The van der Waals surface area contributed by atoms with Gasteiger partial charge in [0.2, 0.25) is 0 Å². The monoisotopic (exact) mass is 2490 g/mol. The molecule has 2 atom stereocenters. The summed E-state index contributed by atoms with van der Waals surface area (Å²) in [7, 11) is -8.73. The molecule has 2 aliphatic rings. The van der Waals surface area contributed by atoms with Gasteiger partial charge in [-0.3, -0.25) is 19.2 Å². The van der Waals surface area contributed by atoms with Gasteiger partial charge in [0.15, 0.2) is 19.7 Å². The predicted molar refractivity (Wildman–Crippen MR) is 525 cm³/mol. The number of aliphatic hydroxyl groups excluding tert-OH is 2. The average molecular weight is 2490 g/mol. The average Bonchev–Trinajstić information content (AvgIpc) is 1.61. The number of nitrogens with two attached hydrogens (primary N) is 4. The molecule has 8 heterocycles. The van der Waals surface area contributed by atoms with Crippen LogP contribution in [0.15, 0.2) is 75.6 Å². The minimum absolute atomic E-state index is 0. The molecule has 3 aromatic carbocycles. The van der Waals surface area contributed by atoms with Crippen molar-refractivity contribution in [3.8, 4) is 58.7 Å². The number of thioether (sulfide) groups is 3. The second kappa shape index (κ2) is 56.0. The zero-order valence-corrected chi connectivity index (χ0v) is 89.6. The first kappa shape index (κ1) is 117. The molecular weight excluding hydrogens is 2430 g/mol. The summed E-state index contributed by atoms with van der Waals surface area (Å²) in [5, 5.41) is 102. The first-order chi connectivity index (χ1) is 57.8. The van der Waals surface area contributed by atoms with Gasteiger partial charge >= 0.3 is 48.6 Å². The third-order valence-corrected chi connectivity index (χ3v) is 37.4. The van der Waals surface area contributed by atoms with E-state index in [1.54, 1.807) is 59.8 Å². The topological polar surface area (TPSA) is 570 Å². The number of carboxylic acid groups (broad SMARTS) is 1. The van der Waals surface area contributed by atoms with E-state index in [1.807, 2.05) is 104 Å². The molecule has 0 aliphatic carbocycles. The molecule has 9 aromatic rings. The van der Waals surface area contributed by atoms with E-state index in [4.69, 9.17) is 143 Å². The van der Waals surface area contributed by atoms with E-state index in [9.17, 15) is 61.2 Å². The van der Waals surface area contributed by atoms with Crippen LogP contribution in [0, 0.1) is 88.2 Å². The van der Waals surface area contributed by atoms with E-state index in [0.717, 1.165) is 86.6 Å². The van der Waals surface area contributed by atoms with Crippen molar-refractivity contribution in [1.82, 2.24) is 0 Å². The quantitative estimate of drug-likeness (QED) is 0.0167. The molecule has 2 aliphatic heterocycles. The molecule has 52 heteroatoms. The van der Waals surface area contributed by atoms with Crippen LogP contribution in [-0.4, -0.2) is 167 Å². The van der Waals surface area contributed by atoms with Crippen molar-refractivity contribution in [1.29, 1.82) is 31.6 Å². The first-order valence-corrected chi connectivity index (χ1v) is 52.7. The predicted octanol–water partition coefficient (Wildman–Crippen LogP) is 13.6. The molecule has 6 aromatic heterocycles. The Labute approximate surface area is 862 Å². The number of halogens is 10. The molecule has 2 saturated heterocycles. The number of carbonyl (C=O) groups is 6. The van der Waals surface area contributed by atoms with Crippen LogP contribution in [0.3, 0.4) is 0 Å². The molecule has 14 N–H and O–H groups in total. The second-order valence-electron chi connectivity index (χ2n) is 24.0. The summed E-state index contributed by atoms with van der Waals surface area (Å²) in [5.74, 6) is -3.79. The zero-order chi connectivity index (χ0) is 93.0. The number of aliphatic hydroxyl groups is 2. The number of nitriles is 6. The largest absolute Gasteiger partial charge is 1.00 e. The van der Waals surface area contributed by atoms with Gasteiger partial charge in [0.05, 0.1) is 79.6 Å². The number of esters is 1. The van der Waals surface area contributed by atoms with Crippen LogP contribution in [-0.2, 0) is 29.1 Å².